The zero-order valence-electron chi connectivity index (χ0n) is 13.2. The Balaban J connectivity index is 1.48. The monoisotopic (exact) mass is 305 g/mol. The van der Waals surface area contributed by atoms with Crippen molar-refractivity contribution in [1.29, 1.82) is 0 Å². The first-order valence-electron chi connectivity index (χ1n) is 8.50. The van der Waals surface area contributed by atoms with Crippen molar-refractivity contribution in [2.75, 3.05) is 26.2 Å². The second-order valence-electron chi connectivity index (χ2n) is 6.62. The Hall–Kier alpha value is -0.940. The summed E-state index contributed by atoms with van der Waals surface area (Å²) < 4.78 is 6.00. The summed E-state index contributed by atoms with van der Waals surface area (Å²) in [5.74, 6) is 0. The zero-order valence-corrected chi connectivity index (χ0v) is 13.2. The molecule has 2 N–H and O–H groups in total. The number of nitrogens with zero attached hydrogens (tertiary/aromatic N) is 1. The summed E-state index contributed by atoms with van der Waals surface area (Å²) in [6, 6.07) is 8.47. The number of aliphatic hydroxyl groups is 2. The molecule has 0 saturated carbocycles. The van der Waals surface area contributed by atoms with Gasteiger partial charge in [0, 0.05) is 13.1 Å². The van der Waals surface area contributed by atoms with E-state index < -0.39 is 6.10 Å². The summed E-state index contributed by atoms with van der Waals surface area (Å²) in [5.41, 5.74) is 2.67. The second-order valence-corrected chi connectivity index (χ2v) is 6.62. The first-order chi connectivity index (χ1) is 10.7. The number of piperidine rings is 1. The van der Waals surface area contributed by atoms with E-state index >= 15 is 0 Å². The molecule has 3 rings (SSSR count). The highest BCUT2D eigenvalue weighted by Crippen LogP contribution is 2.32. The van der Waals surface area contributed by atoms with E-state index in [1.165, 1.54) is 11.1 Å². The number of benzene rings is 1. The minimum absolute atomic E-state index is 0.117. The highest BCUT2D eigenvalue weighted by Gasteiger charge is 2.23. The van der Waals surface area contributed by atoms with Gasteiger partial charge in [0.05, 0.1) is 24.9 Å². The lowest BCUT2D eigenvalue weighted by Crippen LogP contribution is -2.43. The van der Waals surface area contributed by atoms with E-state index in [0.717, 1.165) is 38.6 Å². The van der Waals surface area contributed by atoms with Crippen molar-refractivity contribution < 1.29 is 14.9 Å². The first kappa shape index (κ1) is 15.9. The number of rotatable bonds is 5. The fourth-order valence-corrected chi connectivity index (χ4v) is 3.66. The van der Waals surface area contributed by atoms with Crippen molar-refractivity contribution in [1.82, 2.24) is 4.90 Å². The predicted molar refractivity (Wildman–Crippen MR) is 85.8 cm³/mol. The van der Waals surface area contributed by atoms with Gasteiger partial charge < -0.3 is 14.9 Å². The average Bonchev–Trinajstić information content (AvgIpc) is 2.53. The SMILES string of the molecule is OC1CCCN(CC(O)COC2CCCc3ccccc32)C1. The van der Waals surface area contributed by atoms with Gasteiger partial charge in [-0.1, -0.05) is 24.3 Å². The number of hydrogen-bond acceptors (Lipinski definition) is 4. The van der Waals surface area contributed by atoms with Crippen LogP contribution in [0.15, 0.2) is 24.3 Å². The molecule has 0 aromatic heterocycles. The van der Waals surface area contributed by atoms with Gasteiger partial charge in [-0.05, 0) is 49.8 Å². The maximum Gasteiger partial charge on any atom is 0.0900 e. The van der Waals surface area contributed by atoms with Crippen molar-refractivity contribution in [3.63, 3.8) is 0 Å². The summed E-state index contributed by atoms with van der Waals surface area (Å²) in [7, 11) is 0. The van der Waals surface area contributed by atoms with Gasteiger partial charge in [-0.25, -0.2) is 0 Å². The molecule has 0 radical (unpaired) electrons. The maximum atomic E-state index is 10.2. The van der Waals surface area contributed by atoms with E-state index in [1.54, 1.807) is 0 Å². The van der Waals surface area contributed by atoms with Crippen LogP contribution in [0.25, 0.3) is 0 Å². The average molecular weight is 305 g/mol. The molecule has 0 amide bonds. The van der Waals surface area contributed by atoms with Crippen molar-refractivity contribution in [3.8, 4) is 0 Å². The molecule has 3 unspecified atom stereocenters. The van der Waals surface area contributed by atoms with Gasteiger partial charge in [0.25, 0.3) is 0 Å². The topological polar surface area (TPSA) is 52.9 Å². The Labute approximate surface area is 132 Å². The molecule has 3 atom stereocenters. The molecule has 1 aromatic rings. The lowest BCUT2D eigenvalue weighted by molar-refractivity contribution is -0.0362. The van der Waals surface area contributed by atoms with Crippen LogP contribution in [0.1, 0.15) is 42.9 Å². The van der Waals surface area contributed by atoms with Crippen LogP contribution in [-0.4, -0.2) is 53.6 Å². The van der Waals surface area contributed by atoms with Crippen LogP contribution in [0.2, 0.25) is 0 Å². The molecule has 0 spiro atoms. The second kappa shape index (κ2) is 7.55. The Bertz CT molecular complexity index is 479. The van der Waals surface area contributed by atoms with Crippen molar-refractivity contribution >= 4 is 0 Å². The van der Waals surface area contributed by atoms with E-state index in [0.29, 0.717) is 19.7 Å². The zero-order chi connectivity index (χ0) is 15.4. The minimum Gasteiger partial charge on any atom is -0.392 e. The number of aryl methyl sites for hydroxylation is 1. The highest BCUT2D eigenvalue weighted by molar-refractivity contribution is 5.31. The van der Waals surface area contributed by atoms with Crippen molar-refractivity contribution in [3.05, 3.63) is 35.4 Å². The molecule has 1 aliphatic carbocycles. The molecule has 1 aromatic carbocycles. The minimum atomic E-state index is -0.487. The van der Waals surface area contributed by atoms with E-state index in [-0.39, 0.29) is 12.2 Å². The van der Waals surface area contributed by atoms with Crippen LogP contribution in [-0.2, 0) is 11.2 Å². The van der Waals surface area contributed by atoms with Gasteiger partial charge in [-0.2, -0.15) is 0 Å². The molecule has 122 valence electrons. The Morgan fingerprint density at radius 3 is 2.95 bits per heavy atom. The van der Waals surface area contributed by atoms with Gasteiger partial charge >= 0.3 is 0 Å². The highest BCUT2D eigenvalue weighted by atomic mass is 16.5. The Morgan fingerprint density at radius 1 is 1.23 bits per heavy atom. The quantitative estimate of drug-likeness (QED) is 0.872. The number of ether oxygens (including phenoxy) is 1. The molecule has 4 heteroatoms. The van der Waals surface area contributed by atoms with Gasteiger partial charge in [0.15, 0.2) is 0 Å². The Morgan fingerprint density at radius 2 is 2.09 bits per heavy atom. The first-order valence-corrected chi connectivity index (χ1v) is 8.50. The van der Waals surface area contributed by atoms with Gasteiger partial charge in [0.2, 0.25) is 0 Å². The summed E-state index contributed by atoms with van der Waals surface area (Å²) in [6.07, 6.45) is 4.58. The molecule has 1 fully saturated rings. The fourth-order valence-electron chi connectivity index (χ4n) is 3.66. The van der Waals surface area contributed by atoms with Crippen LogP contribution in [0, 0.1) is 0 Å². The summed E-state index contributed by atoms with van der Waals surface area (Å²) >= 11 is 0. The van der Waals surface area contributed by atoms with Gasteiger partial charge in [-0.3, -0.25) is 4.90 Å². The van der Waals surface area contributed by atoms with Crippen LogP contribution in [0.5, 0.6) is 0 Å². The number of β-amino-alcohol motifs (C(OH)–C–C–N with tert-alkyl or cyclic N) is 2. The number of likely N-dealkylation sites (tertiary alicyclic amines) is 1. The van der Waals surface area contributed by atoms with Gasteiger partial charge in [0.1, 0.15) is 0 Å². The molecule has 4 nitrogen and oxygen atoms in total. The molecular formula is C18H27NO3. The maximum absolute atomic E-state index is 10.2. The van der Waals surface area contributed by atoms with Crippen molar-refractivity contribution in [2.45, 2.75) is 50.4 Å². The number of aliphatic hydroxyl groups excluding tert-OH is 2. The van der Waals surface area contributed by atoms with Crippen molar-refractivity contribution in [2.24, 2.45) is 0 Å². The smallest absolute Gasteiger partial charge is 0.0900 e. The number of hydrogen-bond donors (Lipinski definition) is 2. The van der Waals surface area contributed by atoms with Crippen LogP contribution in [0.4, 0.5) is 0 Å². The largest absolute Gasteiger partial charge is 0.392 e. The molecule has 1 aliphatic heterocycles. The van der Waals surface area contributed by atoms with Crippen LogP contribution < -0.4 is 0 Å². The third-order valence-corrected chi connectivity index (χ3v) is 4.75. The molecule has 2 aliphatic rings. The van der Waals surface area contributed by atoms with Gasteiger partial charge in [-0.15, -0.1) is 0 Å². The standard InChI is InChI=1S/C18H27NO3/c20-15-7-4-10-19(11-15)12-16(21)13-22-18-9-3-6-14-5-1-2-8-17(14)18/h1-2,5,8,15-16,18,20-21H,3-4,6-7,9-13H2. The normalized spacial score (nSPS) is 27.4. The van der Waals surface area contributed by atoms with Crippen LogP contribution in [0.3, 0.4) is 0 Å². The summed E-state index contributed by atoms with van der Waals surface area (Å²) in [6.45, 7) is 2.58. The predicted octanol–water partition coefficient (Wildman–Crippen LogP) is 1.90. The summed E-state index contributed by atoms with van der Waals surface area (Å²) in [4.78, 5) is 2.14. The molecule has 22 heavy (non-hydrogen) atoms. The van der Waals surface area contributed by atoms with E-state index in [1.807, 2.05) is 0 Å². The molecule has 1 heterocycles. The third-order valence-electron chi connectivity index (χ3n) is 4.75. The Kier molecular flexibility index (Phi) is 5.47. The van der Waals surface area contributed by atoms with E-state index in [9.17, 15) is 10.2 Å². The third kappa shape index (κ3) is 4.07. The molecule has 1 saturated heterocycles. The lowest BCUT2D eigenvalue weighted by atomic mass is 9.89. The fraction of sp³-hybridized carbons (Fsp3) is 0.667. The number of fused-ring (bicyclic) bond motifs is 1. The molecular weight excluding hydrogens is 278 g/mol. The molecule has 0 bridgehead atoms. The lowest BCUT2D eigenvalue weighted by Gasteiger charge is -2.32. The van der Waals surface area contributed by atoms with E-state index in [4.69, 9.17) is 4.74 Å². The van der Waals surface area contributed by atoms with Crippen LogP contribution >= 0.6 is 0 Å². The van der Waals surface area contributed by atoms with E-state index in [2.05, 4.69) is 29.2 Å². The summed E-state index contributed by atoms with van der Waals surface area (Å²) in [5, 5.41) is 19.9.